The van der Waals surface area contributed by atoms with Gasteiger partial charge in [-0.2, -0.15) is 0 Å². The lowest BCUT2D eigenvalue weighted by Gasteiger charge is -2.23. The van der Waals surface area contributed by atoms with E-state index >= 15 is 0 Å². The smallest absolute Gasteiger partial charge is 0.314 e. The molecule has 140 valence electrons. The van der Waals surface area contributed by atoms with Crippen molar-refractivity contribution in [3.63, 3.8) is 0 Å². The summed E-state index contributed by atoms with van der Waals surface area (Å²) in [5, 5.41) is 8.60. The Bertz CT molecular complexity index is 524. The molecule has 0 aromatic carbocycles. The van der Waals surface area contributed by atoms with Gasteiger partial charge in [0, 0.05) is 25.6 Å². The number of carbonyl (C=O) groups excluding carboxylic acids is 2. The normalized spacial score (nSPS) is 16.4. The highest BCUT2D eigenvalue weighted by molar-refractivity contribution is 5.78. The third-order valence-corrected chi connectivity index (χ3v) is 4.56. The highest BCUT2D eigenvalue weighted by atomic mass is 16.3. The monoisotopic (exact) mass is 350 g/mol. The summed E-state index contributed by atoms with van der Waals surface area (Å²) in [7, 11) is 3.87. The van der Waals surface area contributed by atoms with Crippen LogP contribution >= 0.6 is 0 Å². The zero-order chi connectivity index (χ0) is 18.1. The lowest BCUT2D eigenvalue weighted by molar-refractivity contribution is -0.121. The van der Waals surface area contributed by atoms with E-state index in [1.165, 1.54) is 19.3 Å². The molecule has 1 aromatic rings. The van der Waals surface area contributed by atoms with E-state index in [1.54, 1.807) is 6.26 Å². The predicted molar refractivity (Wildman–Crippen MR) is 96.2 cm³/mol. The van der Waals surface area contributed by atoms with Gasteiger partial charge in [0.15, 0.2) is 0 Å². The molecule has 0 bridgehead atoms. The molecule has 1 heterocycles. The van der Waals surface area contributed by atoms with Crippen LogP contribution in [0.25, 0.3) is 0 Å². The van der Waals surface area contributed by atoms with Crippen molar-refractivity contribution >= 4 is 11.9 Å². The second-order valence-corrected chi connectivity index (χ2v) is 6.78. The van der Waals surface area contributed by atoms with Crippen LogP contribution in [0, 0.1) is 0 Å². The Morgan fingerprint density at radius 1 is 1.24 bits per heavy atom. The van der Waals surface area contributed by atoms with Crippen molar-refractivity contribution < 1.29 is 14.0 Å². The fraction of sp³-hybridized carbons (Fsp3) is 0.667. The molecule has 1 unspecified atom stereocenters. The summed E-state index contributed by atoms with van der Waals surface area (Å²) < 4.78 is 5.41. The summed E-state index contributed by atoms with van der Waals surface area (Å²) in [6.45, 7) is 0.762. The van der Waals surface area contributed by atoms with Crippen LogP contribution in [0.5, 0.6) is 0 Å². The maximum Gasteiger partial charge on any atom is 0.314 e. The van der Waals surface area contributed by atoms with E-state index in [-0.39, 0.29) is 18.0 Å². The molecule has 7 heteroatoms. The van der Waals surface area contributed by atoms with Gasteiger partial charge in [0.2, 0.25) is 5.91 Å². The maximum atomic E-state index is 11.9. The second-order valence-electron chi connectivity index (χ2n) is 6.78. The Morgan fingerprint density at radius 2 is 2.00 bits per heavy atom. The predicted octanol–water partition coefficient (Wildman–Crippen LogP) is 2.02. The zero-order valence-electron chi connectivity index (χ0n) is 15.2. The average Bonchev–Trinajstić information content (AvgIpc) is 3.10. The number of hydrogen-bond donors (Lipinski definition) is 3. The third-order valence-electron chi connectivity index (χ3n) is 4.56. The Morgan fingerprint density at radius 3 is 2.64 bits per heavy atom. The number of nitrogens with zero attached hydrogens (tertiary/aromatic N) is 1. The van der Waals surface area contributed by atoms with Gasteiger partial charge in [0.05, 0.1) is 12.3 Å². The summed E-state index contributed by atoms with van der Waals surface area (Å²) >= 11 is 0. The summed E-state index contributed by atoms with van der Waals surface area (Å²) in [6.07, 6.45) is 7.70. The van der Waals surface area contributed by atoms with Crippen molar-refractivity contribution in [3.8, 4) is 0 Å². The molecule has 1 fully saturated rings. The Labute approximate surface area is 149 Å². The number of rotatable bonds is 8. The Balaban J connectivity index is 1.62. The van der Waals surface area contributed by atoms with E-state index < -0.39 is 0 Å². The van der Waals surface area contributed by atoms with Crippen LogP contribution in [0.15, 0.2) is 22.8 Å². The molecule has 1 aromatic heterocycles. The van der Waals surface area contributed by atoms with Crippen molar-refractivity contribution in [2.75, 3.05) is 27.2 Å². The fourth-order valence-corrected chi connectivity index (χ4v) is 3.11. The van der Waals surface area contributed by atoms with Gasteiger partial charge in [-0.1, -0.05) is 19.3 Å². The third kappa shape index (κ3) is 6.78. The minimum Gasteiger partial charge on any atom is -0.468 e. The molecule has 0 spiro atoms. The number of amides is 3. The number of likely N-dealkylation sites (N-methyl/N-ethyl adjacent to an activating group) is 1. The molecular formula is C18H30N4O3. The standard InChI is InChI=1S/C18H30N4O3/c1-22(2)15(16-9-6-12-25-16)13-20-18(24)19-11-10-17(23)21-14-7-4-3-5-8-14/h6,9,12,14-15H,3-5,7-8,10-11,13H2,1-2H3,(H,21,23)(H2,19,20,24). The van der Waals surface area contributed by atoms with Crippen LogP contribution in [0.4, 0.5) is 4.79 Å². The SMILES string of the molecule is CN(C)C(CNC(=O)NCCC(=O)NC1CCCCC1)c1ccco1. The molecule has 3 amide bonds. The van der Waals surface area contributed by atoms with Gasteiger partial charge in [0.1, 0.15) is 5.76 Å². The van der Waals surface area contributed by atoms with E-state index in [2.05, 4.69) is 16.0 Å². The number of urea groups is 1. The van der Waals surface area contributed by atoms with Crippen molar-refractivity contribution in [1.29, 1.82) is 0 Å². The fourth-order valence-electron chi connectivity index (χ4n) is 3.11. The number of hydrogen-bond acceptors (Lipinski definition) is 4. The zero-order valence-corrected chi connectivity index (χ0v) is 15.2. The average molecular weight is 350 g/mol. The molecule has 1 aliphatic carbocycles. The molecule has 0 aliphatic heterocycles. The van der Waals surface area contributed by atoms with Gasteiger partial charge in [-0.3, -0.25) is 9.69 Å². The Hall–Kier alpha value is -2.02. The molecule has 7 nitrogen and oxygen atoms in total. The number of carbonyl (C=O) groups is 2. The molecule has 0 radical (unpaired) electrons. The van der Waals surface area contributed by atoms with Gasteiger partial charge < -0.3 is 20.4 Å². The molecule has 1 aliphatic rings. The maximum absolute atomic E-state index is 11.9. The molecule has 3 N–H and O–H groups in total. The lowest BCUT2D eigenvalue weighted by atomic mass is 9.95. The van der Waals surface area contributed by atoms with Gasteiger partial charge in [0.25, 0.3) is 0 Å². The van der Waals surface area contributed by atoms with Gasteiger partial charge in [-0.15, -0.1) is 0 Å². The molecule has 25 heavy (non-hydrogen) atoms. The first-order valence-corrected chi connectivity index (χ1v) is 9.07. The van der Waals surface area contributed by atoms with Crippen molar-refractivity contribution in [2.24, 2.45) is 0 Å². The first kappa shape index (κ1) is 19.3. The molecular weight excluding hydrogens is 320 g/mol. The highest BCUT2D eigenvalue weighted by Crippen LogP contribution is 2.18. The summed E-state index contributed by atoms with van der Waals surface area (Å²) in [5.74, 6) is 0.811. The van der Waals surface area contributed by atoms with E-state index in [1.807, 2.05) is 31.1 Å². The summed E-state index contributed by atoms with van der Waals surface area (Å²) in [5.41, 5.74) is 0. The van der Waals surface area contributed by atoms with Crippen LogP contribution in [0.3, 0.4) is 0 Å². The molecule has 0 saturated heterocycles. The summed E-state index contributed by atoms with van der Waals surface area (Å²) in [6, 6.07) is 3.72. The van der Waals surface area contributed by atoms with Crippen molar-refractivity contribution in [2.45, 2.75) is 50.6 Å². The quantitative estimate of drug-likeness (QED) is 0.669. The molecule has 2 rings (SSSR count). The lowest BCUT2D eigenvalue weighted by Crippen LogP contribution is -2.42. The number of nitrogens with one attached hydrogen (secondary N) is 3. The van der Waals surface area contributed by atoms with E-state index in [0.717, 1.165) is 18.6 Å². The van der Waals surface area contributed by atoms with Crippen molar-refractivity contribution in [1.82, 2.24) is 20.9 Å². The van der Waals surface area contributed by atoms with Gasteiger partial charge >= 0.3 is 6.03 Å². The number of furan rings is 1. The van der Waals surface area contributed by atoms with E-state index in [0.29, 0.717) is 25.6 Å². The van der Waals surface area contributed by atoms with Crippen molar-refractivity contribution in [3.05, 3.63) is 24.2 Å². The first-order chi connectivity index (χ1) is 12.1. The minimum atomic E-state index is -0.274. The molecule has 1 saturated carbocycles. The van der Waals surface area contributed by atoms with Crippen LogP contribution in [0.2, 0.25) is 0 Å². The Kier molecular flexibility index (Phi) is 7.78. The van der Waals surface area contributed by atoms with Crippen LogP contribution in [-0.2, 0) is 4.79 Å². The van der Waals surface area contributed by atoms with Crippen LogP contribution in [-0.4, -0.2) is 50.1 Å². The van der Waals surface area contributed by atoms with Crippen LogP contribution in [0.1, 0.15) is 50.3 Å². The highest BCUT2D eigenvalue weighted by Gasteiger charge is 2.18. The van der Waals surface area contributed by atoms with Gasteiger partial charge in [-0.25, -0.2) is 4.79 Å². The van der Waals surface area contributed by atoms with Gasteiger partial charge in [-0.05, 0) is 39.1 Å². The summed E-state index contributed by atoms with van der Waals surface area (Å²) in [4.78, 5) is 25.8. The van der Waals surface area contributed by atoms with E-state index in [4.69, 9.17) is 4.42 Å². The van der Waals surface area contributed by atoms with E-state index in [9.17, 15) is 9.59 Å². The second kappa shape index (κ2) is 10.1. The minimum absolute atomic E-state index is 0.00829. The first-order valence-electron chi connectivity index (χ1n) is 9.07. The molecule has 1 atom stereocenters. The largest absolute Gasteiger partial charge is 0.468 e. The topological polar surface area (TPSA) is 86.6 Å². The van der Waals surface area contributed by atoms with Crippen LogP contribution < -0.4 is 16.0 Å².